The predicted octanol–water partition coefficient (Wildman–Crippen LogP) is 3.84. The Morgan fingerprint density at radius 1 is 1.04 bits per heavy atom. The minimum absolute atomic E-state index is 0.132. The Hall–Kier alpha value is -4.60. The Morgan fingerprint density at radius 3 is 2.43 bits per heavy atom. The molecule has 0 radical (unpaired) electrons. The molecule has 0 spiro atoms. The molecule has 11 heteroatoms. The van der Waals surface area contributed by atoms with Gasteiger partial charge in [0.1, 0.15) is 5.71 Å². The number of ether oxygens (including phenoxy) is 2. The third-order valence-corrected chi connectivity index (χ3v) is 8.52. The zero-order chi connectivity index (χ0) is 33.3. The van der Waals surface area contributed by atoms with E-state index >= 15 is 0 Å². The van der Waals surface area contributed by atoms with E-state index < -0.39 is 23.0 Å². The number of carbonyl (C=O) groups is 3. The van der Waals surface area contributed by atoms with Gasteiger partial charge in [-0.3, -0.25) is 9.69 Å². The molecule has 1 saturated heterocycles. The second kappa shape index (κ2) is 15.8. The van der Waals surface area contributed by atoms with Crippen molar-refractivity contribution in [2.24, 2.45) is 5.10 Å². The molecule has 3 aliphatic rings. The first kappa shape index (κ1) is 33.8. The molecule has 0 saturated carbocycles. The first-order valence-corrected chi connectivity index (χ1v) is 16.0. The van der Waals surface area contributed by atoms with E-state index in [0.29, 0.717) is 57.7 Å². The Bertz CT molecular complexity index is 1650. The highest BCUT2D eigenvalue weighted by Crippen LogP contribution is 2.36. The molecule has 3 heterocycles. The minimum atomic E-state index is -0.736. The van der Waals surface area contributed by atoms with Gasteiger partial charge in [-0.2, -0.15) is 5.17 Å². The number of allylic oxidation sites excluding steroid dienone is 2. The molecule has 2 amide bonds. The van der Waals surface area contributed by atoms with Gasteiger partial charge in [0.25, 0.3) is 5.91 Å². The van der Waals surface area contributed by atoms with Crippen LogP contribution in [0, 0.1) is 30.9 Å². The van der Waals surface area contributed by atoms with Gasteiger partial charge in [0.2, 0.25) is 0 Å². The van der Waals surface area contributed by atoms with Gasteiger partial charge in [0.05, 0.1) is 49.1 Å². The fraction of sp³-hybridized carbons (Fsp3) is 0.389. The number of morpholine rings is 1. The van der Waals surface area contributed by atoms with Gasteiger partial charge in [0.15, 0.2) is 0 Å². The van der Waals surface area contributed by atoms with Crippen molar-refractivity contribution in [1.82, 2.24) is 4.90 Å². The van der Waals surface area contributed by atoms with Gasteiger partial charge < -0.3 is 24.9 Å². The van der Waals surface area contributed by atoms with Crippen LogP contribution < -0.4 is 15.4 Å². The van der Waals surface area contributed by atoms with Crippen LogP contribution in [0.4, 0.5) is 11.4 Å². The summed E-state index contributed by atoms with van der Waals surface area (Å²) in [5.41, 5.74) is 4.71. The van der Waals surface area contributed by atoms with Crippen molar-refractivity contribution in [3.8, 4) is 11.8 Å². The number of quaternary nitrogens is 1. The summed E-state index contributed by atoms with van der Waals surface area (Å²) in [4.78, 5) is 43.3. The number of nitrogens with one attached hydrogen (secondary N) is 2. The van der Waals surface area contributed by atoms with Crippen LogP contribution in [0.2, 0.25) is 0 Å². The standard InChI is InChI=1S/C36H41N5O6/c1-25-32(35(43)37-28-14-12-27(13-15-28)30-16-17-31(42)41(45)38-30)29(11-7-4-5-8-18-39-21-23-47-24-22-39)33(36(44)46-3)26(2)34(25)40-19-9-6-10-20-40/h9-10,12-15,19-20,41H,4-6,8,16-18,21-24H2,1-3H3,(H,37,43). The van der Waals surface area contributed by atoms with Crippen molar-refractivity contribution >= 4 is 34.9 Å². The summed E-state index contributed by atoms with van der Waals surface area (Å²) < 4.78 is 10.7. The molecule has 11 nitrogen and oxygen atoms in total. The average molecular weight is 640 g/mol. The molecule has 0 bridgehead atoms. The third-order valence-electron chi connectivity index (χ3n) is 8.52. The second-order valence-corrected chi connectivity index (χ2v) is 11.7. The lowest BCUT2D eigenvalue weighted by Crippen LogP contribution is -3.06. The molecule has 1 fully saturated rings. The normalized spacial score (nSPS) is 18.0. The van der Waals surface area contributed by atoms with E-state index in [4.69, 9.17) is 9.47 Å². The van der Waals surface area contributed by atoms with E-state index in [9.17, 15) is 19.6 Å². The minimum Gasteiger partial charge on any atom is -0.599 e. The zero-order valence-corrected chi connectivity index (χ0v) is 27.2. The van der Waals surface area contributed by atoms with Crippen LogP contribution in [-0.4, -0.2) is 68.4 Å². The fourth-order valence-corrected chi connectivity index (χ4v) is 6.05. The van der Waals surface area contributed by atoms with E-state index in [0.717, 1.165) is 52.1 Å². The SMILES string of the molecule is COC(=O)c1c(C)c(N2C=CCC=C2)c(C)c(C(=O)Nc2ccc(C3=N[NH+]([O-])C(=O)CC3)cc2)c1C#CCCCCN1CCOCC1. The van der Waals surface area contributed by atoms with Crippen molar-refractivity contribution in [3.63, 3.8) is 0 Å². The Balaban J connectivity index is 1.46. The summed E-state index contributed by atoms with van der Waals surface area (Å²) >= 11 is 0. The van der Waals surface area contributed by atoms with Crippen LogP contribution in [0.25, 0.3) is 0 Å². The van der Waals surface area contributed by atoms with Crippen molar-refractivity contribution < 1.29 is 29.0 Å². The van der Waals surface area contributed by atoms with Crippen LogP contribution >= 0.6 is 0 Å². The Morgan fingerprint density at radius 2 is 1.74 bits per heavy atom. The van der Waals surface area contributed by atoms with Gasteiger partial charge in [-0.1, -0.05) is 41.2 Å². The number of carbonyl (C=O) groups excluding carboxylic acids is 3. The van der Waals surface area contributed by atoms with Crippen LogP contribution in [0.1, 0.15) is 81.5 Å². The molecule has 1 atom stereocenters. The van der Waals surface area contributed by atoms with E-state index in [1.54, 1.807) is 24.3 Å². The lowest BCUT2D eigenvalue weighted by atomic mass is 9.89. The van der Waals surface area contributed by atoms with Crippen LogP contribution in [0.15, 0.2) is 53.9 Å². The van der Waals surface area contributed by atoms with Crippen LogP contribution in [0.3, 0.4) is 0 Å². The number of rotatable bonds is 9. The van der Waals surface area contributed by atoms with E-state index in [1.807, 2.05) is 43.3 Å². The summed E-state index contributed by atoms with van der Waals surface area (Å²) in [6.07, 6.45) is 11.6. The quantitative estimate of drug-likeness (QED) is 0.183. The number of amides is 2. The zero-order valence-electron chi connectivity index (χ0n) is 27.2. The monoisotopic (exact) mass is 639 g/mol. The fourth-order valence-electron chi connectivity index (χ4n) is 6.05. The summed E-state index contributed by atoms with van der Waals surface area (Å²) in [5.74, 6) is 4.96. The summed E-state index contributed by atoms with van der Waals surface area (Å²) in [6.45, 7) is 8.11. The summed E-state index contributed by atoms with van der Waals surface area (Å²) in [7, 11) is 1.33. The topological polar surface area (TPSA) is 128 Å². The lowest BCUT2D eigenvalue weighted by Gasteiger charge is -2.27. The maximum Gasteiger partial charge on any atom is 0.339 e. The molecule has 246 valence electrons. The molecule has 2 aromatic carbocycles. The predicted molar refractivity (Wildman–Crippen MR) is 180 cm³/mol. The smallest absolute Gasteiger partial charge is 0.339 e. The first-order valence-electron chi connectivity index (χ1n) is 16.0. The van der Waals surface area contributed by atoms with Gasteiger partial charge in [0, 0.05) is 49.6 Å². The van der Waals surface area contributed by atoms with Crippen molar-refractivity contribution in [2.45, 2.75) is 52.4 Å². The van der Waals surface area contributed by atoms with Gasteiger partial charge in [-0.25, -0.2) is 9.59 Å². The summed E-state index contributed by atoms with van der Waals surface area (Å²) in [6, 6.07) is 6.95. The van der Waals surface area contributed by atoms with Gasteiger partial charge >= 0.3 is 11.9 Å². The molecular weight excluding hydrogens is 598 g/mol. The van der Waals surface area contributed by atoms with E-state index in [1.165, 1.54) is 7.11 Å². The molecule has 5 rings (SSSR count). The number of hydrogen-bond acceptors (Lipinski definition) is 9. The number of esters is 1. The second-order valence-electron chi connectivity index (χ2n) is 11.7. The number of nitrogens with zero attached hydrogens (tertiary/aromatic N) is 3. The summed E-state index contributed by atoms with van der Waals surface area (Å²) in [5, 5.41) is 18.0. The van der Waals surface area contributed by atoms with Gasteiger partial charge in [-0.15, -0.1) is 0 Å². The molecule has 2 N–H and O–H groups in total. The third kappa shape index (κ3) is 8.04. The highest BCUT2D eigenvalue weighted by atomic mass is 16.5. The number of methoxy groups -OCH3 is 1. The molecule has 2 aromatic rings. The maximum atomic E-state index is 14.1. The molecular formula is C36H41N5O6. The highest BCUT2D eigenvalue weighted by Gasteiger charge is 2.29. The van der Waals surface area contributed by atoms with Crippen molar-refractivity contribution in [1.29, 1.82) is 0 Å². The van der Waals surface area contributed by atoms with E-state index in [-0.39, 0.29) is 12.0 Å². The first-order chi connectivity index (χ1) is 22.8. The van der Waals surface area contributed by atoms with E-state index in [2.05, 4.69) is 27.2 Å². The number of unbranched alkanes of at least 4 members (excludes halogenated alkanes) is 2. The molecule has 0 aromatic heterocycles. The lowest BCUT2D eigenvalue weighted by molar-refractivity contribution is -0.773. The highest BCUT2D eigenvalue weighted by molar-refractivity contribution is 6.12. The maximum absolute atomic E-state index is 14.1. The molecule has 1 unspecified atom stereocenters. The molecule has 47 heavy (non-hydrogen) atoms. The molecule has 3 aliphatic heterocycles. The van der Waals surface area contributed by atoms with Crippen molar-refractivity contribution in [3.05, 3.63) is 87.4 Å². The van der Waals surface area contributed by atoms with Crippen LogP contribution in [0.5, 0.6) is 0 Å². The number of benzene rings is 2. The average Bonchev–Trinajstić information content (AvgIpc) is 3.08. The Kier molecular flexibility index (Phi) is 11.3. The Labute approximate surface area is 275 Å². The largest absolute Gasteiger partial charge is 0.599 e. The van der Waals surface area contributed by atoms with Crippen molar-refractivity contribution in [2.75, 3.05) is 50.2 Å². The number of hydroxylamine groups is 1. The number of hydrogen-bond donors (Lipinski definition) is 2. The van der Waals surface area contributed by atoms with Crippen LogP contribution in [-0.2, 0) is 14.3 Å². The molecule has 0 aliphatic carbocycles. The van der Waals surface area contributed by atoms with Gasteiger partial charge in [-0.05, 0) is 62.9 Å². The number of anilines is 2.